The summed E-state index contributed by atoms with van der Waals surface area (Å²) < 4.78 is 5.55. The van der Waals surface area contributed by atoms with E-state index in [1.54, 1.807) is 7.11 Å². The summed E-state index contributed by atoms with van der Waals surface area (Å²) in [6, 6.07) is 9.32. The first kappa shape index (κ1) is 12.6. The van der Waals surface area contributed by atoms with E-state index < -0.39 is 0 Å². The second kappa shape index (κ2) is 5.19. The normalized spacial score (nSPS) is 21.5. The second-order valence-corrected chi connectivity index (χ2v) is 5.34. The van der Waals surface area contributed by atoms with Crippen molar-refractivity contribution in [2.45, 2.75) is 44.8 Å². The van der Waals surface area contributed by atoms with Crippen LogP contribution in [0.2, 0.25) is 0 Å². The van der Waals surface area contributed by atoms with Gasteiger partial charge in [-0.1, -0.05) is 30.7 Å². The van der Waals surface area contributed by atoms with E-state index in [0.717, 1.165) is 6.54 Å². The molecular weight excluding hydrogens is 210 g/mol. The molecule has 0 radical (unpaired) electrons. The summed E-state index contributed by atoms with van der Waals surface area (Å²) in [5.74, 6) is 0. The van der Waals surface area contributed by atoms with E-state index in [9.17, 15) is 0 Å². The van der Waals surface area contributed by atoms with E-state index in [0.29, 0.717) is 6.04 Å². The maximum absolute atomic E-state index is 5.55. The van der Waals surface area contributed by atoms with Crippen molar-refractivity contribution < 1.29 is 4.74 Å². The van der Waals surface area contributed by atoms with Crippen LogP contribution in [0, 0.1) is 0 Å². The number of hydrogen-bond donors (Lipinski definition) is 1. The number of nitrogens with one attached hydrogen (secondary N) is 1. The smallest absolute Gasteiger partial charge is 0.0871 e. The molecular formula is C15H23NO. The van der Waals surface area contributed by atoms with Crippen molar-refractivity contribution in [2.75, 3.05) is 13.7 Å². The molecule has 1 fully saturated rings. The SMILES string of the molecule is COC(C)(C)c1cccc(C2CCCCN2)c1. The Hall–Kier alpha value is -0.860. The molecule has 1 heterocycles. The maximum Gasteiger partial charge on any atom is 0.0871 e. The van der Waals surface area contributed by atoms with Crippen LogP contribution in [0.25, 0.3) is 0 Å². The molecule has 0 spiro atoms. The number of rotatable bonds is 3. The van der Waals surface area contributed by atoms with Crippen LogP contribution < -0.4 is 5.32 Å². The molecule has 1 unspecified atom stereocenters. The Morgan fingerprint density at radius 3 is 2.76 bits per heavy atom. The molecule has 1 N–H and O–H groups in total. The lowest BCUT2D eigenvalue weighted by atomic mass is 9.91. The van der Waals surface area contributed by atoms with Gasteiger partial charge in [-0.15, -0.1) is 0 Å². The Kier molecular flexibility index (Phi) is 3.85. The van der Waals surface area contributed by atoms with Gasteiger partial charge in [0.15, 0.2) is 0 Å². The first-order chi connectivity index (χ1) is 8.13. The lowest BCUT2D eigenvalue weighted by Gasteiger charge is -2.27. The average molecular weight is 233 g/mol. The predicted molar refractivity (Wildman–Crippen MR) is 71.1 cm³/mol. The molecule has 1 aromatic rings. The van der Waals surface area contributed by atoms with Gasteiger partial charge in [0.25, 0.3) is 0 Å². The van der Waals surface area contributed by atoms with Gasteiger partial charge in [-0.25, -0.2) is 0 Å². The van der Waals surface area contributed by atoms with E-state index in [2.05, 4.69) is 43.4 Å². The Bertz CT molecular complexity index is 367. The summed E-state index contributed by atoms with van der Waals surface area (Å²) in [6.07, 6.45) is 3.88. The van der Waals surface area contributed by atoms with Gasteiger partial charge in [-0.2, -0.15) is 0 Å². The van der Waals surface area contributed by atoms with Gasteiger partial charge in [0.05, 0.1) is 5.60 Å². The van der Waals surface area contributed by atoms with Crippen molar-refractivity contribution in [3.05, 3.63) is 35.4 Å². The molecule has 1 aromatic carbocycles. The molecule has 2 heteroatoms. The number of hydrogen-bond acceptors (Lipinski definition) is 2. The summed E-state index contributed by atoms with van der Waals surface area (Å²) in [4.78, 5) is 0. The van der Waals surface area contributed by atoms with Gasteiger partial charge < -0.3 is 10.1 Å². The molecule has 17 heavy (non-hydrogen) atoms. The summed E-state index contributed by atoms with van der Waals surface area (Å²) in [5, 5.41) is 3.59. The van der Waals surface area contributed by atoms with E-state index in [-0.39, 0.29) is 5.60 Å². The number of methoxy groups -OCH3 is 1. The van der Waals surface area contributed by atoms with Crippen LogP contribution in [-0.4, -0.2) is 13.7 Å². The highest BCUT2D eigenvalue weighted by molar-refractivity contribution is 5.29. The Morgan fingerprint density at radius 2 is 2.12 bits per heavy atom. The topological polar surface area (TPSA) is 21.3 Å². The Balaban J connectivity index is 2.21. The zero-order chi connectivity index (χ0) is 12.3. The minimum Gasteiger partial charge on any atom is -0.374 e. The third kappa shape index (κ3) is 2.88. The van der Waals surface area contributed by atoms with Crippen LogP contribution in [0.4, 0.5) is 0 Å². The number of ether oxygens (including phenoxy) is 1. The van der Waals surface area contributed by atoms with Gasteiger partial charge in [0.2, 0.25) is 0 Å². The average Bonchev–Trinajstić information content (AvgIpc) is 2.40. The van der Waals surface area contributed by atoms with Crippen molar-refractivity contribution >= 4 is 0 Å². The third-order valence-corrected chi connectivity index (χ3v) is 3.80. The molecule has 1 saturated heterocycles. The van der Waals surface area contributed by atoms with Crippen molar-refractivity contribution in [1.82, 2.24) is 5.32 Å². The molecule has 0 aromatic heterocycles. The molecule has 1 aliphatic rings. The molecule has 0 saturated carbocycles. The molecule has 0 amide bonds. The lowest BCUT2D eigenvalue weighted by molar-refractivity contribution is 0.0191. The molecule has 2 rings (SSSR count). The monoisotopic (exact) mass is 233 g/mol. The highest BCUT2D eigenvalue weighted by atomic mass is 16.5. The summed E-state index contributed by atoms with van der Waals surface area (Å²) in [6.45, 7) is 5.36. The van der Waals surface area contributed by atoms with Crippen molar-refractivity contribution in [2.24, 2.45) is 0 Å². The van der Waals surface area contributed by atoms with Crippen LogP contribution in [0.1, 0.15) is 50.3 Å². The van der Waals surface area contributed by atoms with Gasteiger partial charge in [0, 0.05) is 13.2 Å². The minimum atomic E-state index is -0.204. The summed E-state index contributed by atoms with van der Waals surface area (Å²) >= 11 is 0. The summed E-state index contributed by atoms with van der Waals surface area (Å²) in [5.41, 5.74) is 2.45. The van der Waals surface area contributed by atoms with Crippen molar-refractivity contribution in [1.29, 1.82) is 0 Å². The first-order valence-electron chi connectivity index (χ1n) is 6.52. The minimum absolute atomic E-state index is 0.204. The third-order valence-electron chi connectivity index (χ3n) is 3.80. The quantitative estimate of drug-likeness (QED) is 0.864. The maximum atomic E-state index is 5.55. The zero-order valence-corrected chi connectivity index (χ0v) is 11.1. The van der Waals surface area contributed by atoms with Gasteiger partial charge in [-0.3, -0.25) is 0 Å². The van der Waals surface area contributed by atoms with Crippen LogP contribution >= 0.6 is 0 Å². The molecule has 94 valence electrons. The molecule has 1 atom stereocenters. The zero-order valence-electron chi connectivity index (χ0n) is 11.1. The Labute approximate surface area is 104 Å². The fourth-order valence-electron chi connectivity index (χ4n) is 2.38. The van der Waals surface area contributed by atoms with Gasteiger partial charge in [0.1, 0.15) is 0 Å². The molecule has 2 nitrogen and oxygen atoms in total. The standard InChI is InChI=1S/C15H23NO/c1-15(2,17-3)13-8-6-7-12(11-13)14-9-4-5-10-16-14/h6-8,11,14,16H,4-5,9-10H2,1-3H3. The summed E-state index contributed by atoms with van der Waals surface area (Å²) in [7, 11) is 1.77. The highest BCUT2D eigenvalue weighted by Gasteiger charge is 2.21. The van der Waals surface area contributed by atoms with E-state index in [4.69, 9.17) is 4.74 Å². The predicted octanol–water partition coefficient (Wildman–Crippen LogP) is 3.38. The molecule has 0 aliphatic carbocycles. The first-order valence-corrected chi connectivity index (χ1v) is 6.52. The molecule has 0 bridgehead atoms. The molecule has 1 aliphatic heterocycles. The van der Waals surface area contributed by atoms with E-state index >= 15 is 0 Å². The fraction of sp³-hybridized carbons (Fsp3) is 0.600. The number of benzene rings is 1. The van der Waals surface area contributed by atoms with Gasteiger partial charge in [-0.05, 0) is 44.4 Å². The van der Waals surface area contributed by atoms with E-state index in [1.807, 2.05) is 0 Å². The fourth-order valence-corrected chi connectivity index (χ4v) is 2.38. The largest absolute Gasteiger partial charge is 0.374 e. The van der Waals surface area contributed by atoms with Crippen LogP contribution in [0.15, 0.2) is 24.3 Å². The van der Waals surface area contributed by atoms with Crippen LogP contribution in [-0.2, 0) is 10.3 Å². The van der Waals surface area contributed by atoms with Crippen molar-refractivity contribution in [3.8, 4) is 0 Å². The second-order valence-electron chi connectivity index (χ2n) is 5.34. The van der Waals surface area contributed by atoms with E-state index in [1.165, 1.54) is 30.4 Å². The Morgan fingerprint density at radius 1 is 1.29 bits per heavy atom. The highest BCUT2D eigenvalue weighted by Crippen LogP contribution is 2.28. The lowest BCUT2D eigenvalue weighted by Crippen LogP contribution is -2.27. The number of piperidine rings is 1. The van der Waals surface area contributed by atoms with Gasteiger partial charge >= 0.3 is 0 Å². The van der Waals surface area contributed by atoms with Crippen LogP contribution in [0.3, 0.4) is 0 Å². The van der Waals surface area contributed by atoms with Crippen LogP contribution in [0.5, 0.6) is 0 Å². The van der Waals surface area contributed by atoms with Crippen molar-refractivity contribution in [3.63, 3.8) is 0 Å².